The summed E-state index contributed by atoms with van der Waals surface area (Å²) in [5.41, 5.74) is 3.06. The van der Waals surface area contributed by atoms with Crippen LogP contribution in [-0.2, 0) is 9.53 Å². The number of esters is 1. The molecule has 1 fully saturated rings. The first kappa shape index (κ1) is 18.5. The Balaban J connectivity index is 1.99. The normalized spacial score (nSPS) is 24.0. The average Bonchev–Trinajstić information content (AvgIpc) is 2.61. The van der Waals surface area contributed by atoms with Crippen molar-refractivity contribution in [2.45, 2.75) is 32.7 Å². The molecule has 2 aliphatic heterocycles. The number of hydrogen-bond donors (Lipinski definition) is 2. The van der Waals surface area contributed by atoms with Crippen LogP contribution in [0.1, 0.15) is 36.9 Å². The summed E-state index contributed by atoms with van der Waals surface area (Å²) in [5.74, 6) is 0.210. The fraction of sp³-hybridized carbons (Fsp3) is 0.500. The summed E-state index contributed by atoms with van der Waals surface area (Å²) >= 11 is 0. The average molecular weight is 357 g/mol. The number of urea groups is 1. The summed E-state index contributed by atoms with van der Waals surface area (Å²) in [6.45, 7) is 6.70. The van der Waals surface area contributed by atoms with Gasteiger partial charge in [0.1, 0.15) is 0 Å². The maximum atomic E-state index is 12.6. The molecular formula is C20H27N3O3. The van der Waals surface area contributed by atoms with Crippen LogP contribution < -0.4 is 10.6 Å². The second-order valence-electron chi connectivity index (χ2n) is 7.25. The number of nitrogens with one attached hydrogen (secondary N) is 2. The van der Waals surface area contributed by atoms with Crippen LogP contribution in [0.15, 0.2) is 35.5 Å². The van der Waals surface area contributed by atoms with Crippen molar-refractivity contribution in [1.29, 1.82) is 0 Å². The van der Waals surface area contributed by atoms with Gasteiger partial charge in [-0.15, -0.1) is 0 Å². The zero-order valence-corrected chi connectivity index (χ0v) is 15.7. The van der Waals surface area contributed by atoms with Gasteiger partial charge in [0.05, 0.1) is 18.7 Å². The Bertz CT molecular complexity index is 729. The number of likely N-dealkylation sites (tertiary alicyclic amines) is 1. The number of nitrogens with zero attached hydrogens (tertiary/aromatic N) is 1. The lowest BCUT2D eigenvalue weighted by atomic mass is 9.91. The molecule has 2 amide bonds. The van der Waals surface area contributed by atoms with E-state index in [1.807, 2.05) is 31.2 Å². The SMILES string of the molecule is COC(=O)C1=C(CN2CCC[C@H](C)C2)NC(=O)N[C@H]1c1ccccc1C. The molecule has 26 heavy (non-hydrogen) atoms. The highest BCUT2D eigenvalue weighted by molar-refractivity contribution is 5.95. The third-order valence-corrected chi connectivity index (χ3v) is 5.18. The molecule has 2 aliphatic rings. The molecule has 0 aliphatic carbocycles. The second-order valence-corrected chi connectivity index (χ2v) is 7.25. The van der Waals surface area contributed by atoms with Gasteiger partial charge in [-0.25, -0.2) is 9.59 Å². The van der Waals surface area contributed by atoms with Gasteiger partial charge in [0, 0.05) is 18.8 Å². The fourth-order valence-electron chi connectivity index (χ4n) is 3.89. The molecule has 0 unspecified atom stereocenters. The van der Waals surface area contributed by atoms with E-state index in [9.17, 15) is 9.59 Å². The lowest BCUT2D eigenvalue weighted by molar-refractivity contribution is -0.136. The maximum absolute atomic E-state index is 12.6. The molecule has 0 radical (unpaired) electrons. The van der Waals surface area contributed by atoms with E-state index in [1.165, 1.54) is 13.5 Å². The monoisotopic (exact) mass is 357 g/mol. The first-order chi connectivity index (χ1) is 12.5. The van der Waals surface area contributed by atoms with Crippen molar-refractivity contribution in [3.05, 3.63) is 46.7 Å². The van der Waals surface area contributed by atoms with Crippen molar-refractivity contribution in [3.63, 3.8) is 0 Å². The number of methoxy groups -OCH3 is 1. The summed E-state index contributed by atoms with van der Waals surface area (Å²) in [6.07, 6.45) is 2.36. The third kappa shape index (κ3) is 3.90. The molecule has 1 saturated heterocycles. The van der Waals surface area contributed by atoms with Gasteiger partial charge in [-0.05, 0) is 43.4 Å². The highest BCUT2D eigenvalue weighted by Gasteiger charge is 2.35. The van der Waals surface area contributed by atoms with E-state index in [4.69, 9.17) is 4.74 Å². The van der Waals surface area contributed by atoms with Crippen molar-refractivity contribution in [2.75, 3.05) is 26.7 Å². The first-order valence-corrected chi connectivity index (χ1v) is 9.16. The largest absolute Gasteiger partial charge is 0.466 e. The fourth-order valence-corrected chi connectivity index (χ4v) is 3.89. The molecule has 2 atom stereocenters. The van der Waals surface area contributed by atoms with E-state index in [-0.39, 0.29) is 6.03 Å². The predicted molar refractivity (Wildman–Crippen MR) is 99.5 cm³/mol. The Morgan fingerprint density at radius 1 is 1.35 bits per heavy atom. The summed E-state index contributed by atoms with van der Waals surface area (Å²) in [5, 5.41) is 5.74. The number of rotatable bonds is 4. The number of benzene rings is 1. The van der Waals surface area contributed by atoms with Gasteiger partial charge in [0.15, 0.2) is 0 Å². The summed E-state index contributed by atoms with van der Waals surface area (Å²) < 4.78 is 5.05. The minimum Gasteiger partial charge on any atom is -0.466 e. The minimum absolute atomic E-state index is 0.286. The molecule has 6 nitrogen and oxygen atoms in total. The Labute approximate surface area is 154 Å². The third-order valence-electron chi connectivity index (χ3n) is 5.18. The first-order valence-electron chi connectivity index (χ1n) is 9.16. The van der Waals surface area contributed by atoms with Crippen LogP contribution in [0.2, 0.25) is 0 Å². The van der Waals surface area contributed by atoms with Crippen molar-refractivity contribution < 1.29 is 14.3 Å². The Morgan fingerprint density at radius 2 is 2.12 bits per heavy atom. The topological polar surface area (TPSA) is 70.7 Å². The van der Waals surface area contributed by atoms with Gasteiger partial charge in [-0.3, -0.25) is 4.90 Å². The van der Waals surface area contributed by atoms with Crippen LogP contribution in [0.25, 0.3) is 0 Å². The lowest BCUT2D eigenvalue weighted by Gasteiger charge is -2.35. The zero-order chi connectivity index (χ0) is 18.7. The van der Waals surface area contributed by atoms with Crippen LogP contribution in [0, 0.1) is 12.8 Å². The predicted octanol–water partition coefficient (Wildman–Crippen LogP) is 2.51. The maximum Gasteiger partial charge on any atom is 0.338 e. The standard InChI is InChI=1S/C20H27N3O3/c1-13-7-6-10-23(11-13)12-16-17(19(24)26-3)18(22-20(25)21-16)15-9-5-4-8-14(15)2/h4-5,8-9,13,18H,6-7,10-12H2,1-3H3,(H2,21,22,25)/t13-,18-/m0/s1. The van der Waals surface area contributed by atoms with Crippen molar-refractivity contribution >= 4 is 12.0 Å². The van der Waals surface area contributed by atoms with Crippen LogP contribution in [0.3, 0.4) is 0 Å². The molecule has 0 aromatic heterocycles. The van der Waals surface area contributed by atoms with E-state index in [0.717, 1.165) is 30.6 Å². The highest BCUT2D eigenvalue weighted by atomic mass is 16.5. The van der Waals surface area contributed by atoms with Crippen LogP contribution >= 0.6 is 0 Å². The molecule has 3 rings (SSSR count). The second kappa shape index (κ2) is 7.91. The van der Waals surface area contributed by atoms with Crippen molar-refractivity contribution in [3.8, 4) is 0 Å². The number of piperidine rings is 1. The molecule has 6 heteroatoms. The Morgan fingerprint density at radius 3 is 2.81 bits per heavy atom. The van der Waals surface area contributed by atoms with Gasteiger partial charge in [-0.2, -0.15) is 0 Å². The van der Waals surface area contributed by atoms with E-state index >= 15 is 0 Å². The summed E-state index contributed by atoms with van der Waals surface area (Å²) in [4.78, 5) is 27.2. The van der Waals surface area contributed by atoms with Crippen molar-refractivity contribution in [2.24, 2.45) is 5.92 Å². The van der Waals surface area contributed by atoms with E-state index < -0.39 is 12.0 Å². The lowest BCUT2D eigenvalue weighted by Crippen LogP contribution is -2.49. The van der Waals surface area contributed by atoms with E-state index in [1.54, 1.807) is 0 Å². The summed E-state index contributed by atoms with van der Waals surface area (Å²) in [7, 11) is 1.38. The highest BCUT2D eigenvalue weighted by Crippen LogP contribution is 2.30. The van der Waals surface area contributed by atoms with E-state index in [0.29, 0.717) is 23.7 Å². The molecule has 2 heterocycles. The van der Waals surface area contributed by atoms with Gasteiger partial charge in [-0.1, -0.05) is 31.2 Å². The van der Waals surface area contributed by atoms with Gasteiger partial charge in [0.25, 0.3) is 0 Å². The molecule has 0 saturated carbocycles. The smallest absolute Gasteiger partial charge is 0.338 e. The van der Waals surface area contributed by atoms with Gasteiger partial charge in [0.2, 0.25) is 0 Å². The molecule has 140 valence electrons. The van der Waals surface area contributed by atoms with Crippen molar-refractivity contribution in [1.82, 2.24) is 15.5 Å². The number of aryl methyl sites for hydroxylation is 1. The number of carbonyl (C=O) groups excluding carboxylic acids is 2. The molecule has 0 spiro atoms. The van der Waals surface area contributed by atoms with E-state index in [2.05, 4.69) is 22.5 Å². The zero-order valence-electron chi connectivity index (χ0n) is 15.7. The number of hydrogen-bond acceptors (Lipinski definition) is 4. The molecular weight excluding hydrogens is 330 g/mol. The number of amides is 2. The quantitative estimate of drug-likeness (QED) is 0.813. The molecule has 1 aromatic carbocycles. The Kier molecular flexibility index (Phi) is 5.61. The van der Waals surface area contributed by atoms with Crippen LogP contribution in [0.4, 0.5) is 4.79 Å². The Hall–Kier alpha value is -2.34. The van der Waals surface area contributed by atoms with Gasteiger partial charge >= 0.3 is 12.0 Å². The molecule has 1 aromatic rings. The summed E-state index contributed by atoms with van der Waals surface area (Å²) in [6, 6.07) is 6.98. The minimum atomic E-state index is -0.505. The number of ether oxygens (including phenoxy) is 1. The van der Waals surface area contributed by atoms with Gasteiger partial charge < -0.3 is 15.4 Å². The van der Waals surface area contributed by atoms with Crippen LogP contribution in [-0.4, -0.2) is 43.6 Å². The molecule has 2 N–H and O–H groups in total. The number of carbonyl (C=O) groups is 2. The molecule has 0 bridgehead atoms. The van der Waals surface area contributed by atoms with Crippen LogP contribution in [0.5, 0.6) is 0 Å².